The standard InChI is InChI=1S/C8H6N2O2/c11-10-5-7-4-6-2-1-3-9-8(6)12-7/h1-5,11H. The number of aromatic nitrogens is 1. The molecular formula is C8H6N2O2. The largest absolute Gasteiger partial charge is 0.437 e. The number of fused-ring (bicyclic) bond motifs is 1. The van der Waals surface area contributed by atoms with Crippen LogP contribution in [0.1, 0.15) is 5.76 Å². The number of hydrogen-bond acceptors (Lipinski definition) is 4. The summed E-state index contributed by atoms with van der Waals surface area (Å²) < 4.78 is 5.19. The Morgan fingerprint density at radius 1 is 1.58 bits per heavy atom. The topological polar surface area (TPSA) is 58.6 Å². The molecule has 0 saturated carbocycles. The second-order valence-electron chi connectivity index (χ2n) is 2.29. The summed E-state index contributed by atoms with van der Waals surface area (Å²) in [5, 5.41) is 12.0. The number of hydrogen-bond donors (Lipinski definition) is 1. The molecule has 0 aromatic carbocycles. The molecular weight excluding hydrogens is 156 g/mol. The highest BCUT2D eigenvalue weighted by Crippen LogP contribution is 2.14. The van der Waals surface area contributed by atoms with Gasteiger partial charge in [-0.15, -0.1) is 0 Å². The predicted molar refractivity (Wildman–Crippen MR) is 43.4 cm³/mol. The van der Waals surface area contributed by atoms with Crippen molar-refractivity contribution >= 4 is 17.3 Å². The molecule has 4 heteroatoms. The van der Waals surface area contributed by atoms with Crippen molar-refractivity contribution < 1.29 is 9.62 Å². The fraction of sp³-hybridized carbons (Fsp3) is 0. The SMILES string of the molecule is ON=Cc1cc2cccnc2o1. The van der Waals surface area contributed by atoms with Gasteiger partial charge in [-0.05, 0) is 18.2 Å². The van der Waals surface area contributed by atoms with Gasteiger partial charge in [0.05, 0.1) is 0 Å². The van der Waals surface area contributed by atoms with Crippen LogP contribution in [-0.2, 0) is 0 Å². The summed E-state index contributed by atoms with van der Waals surface area (Å²) in [6.45, 7) is 0. The van der Waals surface area contributed by atoms with Gasteiger partial charge in [-0.2, -0.15) is 0 Å². The van der Waals surface area contributed by atoms with Crippen molar-refractivity contribution in [1.29, 1.82) is 0 Å². The number of furan rings is 1. The maximum atomic E-state index is 8.23. The molecule has 0 atom stereocenters. The third-order valence-corrected chi connectivity index (χ3v) is 1.50. The molecule has 0 saturated heterocycles. The summed E-state index contributed by atoms with van der Waals surface area (Å²) in [5.41, 5.74) is 0.549. The highest BCUT2D eigenvalue weighted by atomic mass is 16.4. The van der Waals surface area contributed by atoms with Crippen LogP contribution in [0, 0.1) is 0 Å². The lowest BCUT2D eigenvalue weighted by atomic mass is 10.3. The first kappa shape index (κ1) is 6.84. The van der Waals surface area contributed by atoms with E-state index in [2.05, 4.69) is 10.1 Å². The Morgan fingerprint density at radius 3 is 3.25 bits per heavy atom. The van der Waals surface area contributed by atoms with E-state index in [0.717, 1.165) is 5.39 Å². The Kier molecular flexibility index (Phi) is 1.51. The molecule has 2 rings (SSSR count). The number of pyridine rings is 1. The summed E-state index contributed by atoms with van der Waals surface area (Å²) in [7, 11) is 0. The number of rotatable bonds is 1. The highest BCUT2D eigenvalue weighted by Gasteiger charge is 2.00. The van der Waals surface area contributed by atoms with E-state index in [1.807, 2.05) is 12.1 Å². The molecule has 60 valence electrons. The van der Waals surface area contributed by atoms with Crippen LogP contribution in [0.25, 0.3) is 11.1 Å². The van der Waals surface area contributed by atoms with E-state index in [-0.39, 0.29) is 0 Å². The minimum absolute atomic E-state index is 0.492. The van der Waals surface area contributed by atoms with Crippen molar-refractivity contribution in [1.82, 2.24) is 4.98 Å². The maximum absolute atomic E-state index is 8.23. The number of nitrogens with zero attached hydrogens (tertiary/aromatic N) is 2. The van der Waals surface area contributed by atoms with Gasteiger partial charge in [-0.25, -0.2) is 4.98 Å². The van der Waals surface area contributed by atoms with Crippen molar-refractivity contribution in [2.75, 3.05) is 0 Å². The molecule has 0 radical (unpaired) electrons. The van der Waals surface area contributed by atoms with Gasteiger partial charge in [0.1, 0.15) is 6.21 Å². The van der Waals surface area contributed by atoms with Crippen LogP contribution in [0.5, 0.6) is 0 Å². The summed E-state index contributed by atoms with van der Waals surface area (Å²) in [4.78, 5) is 3.97. The Morgan fingerprint density at radius 2 is 2.50 bits per heavy atom. The van der Waals surface area contributed by atoms with Crippen molar-refractivity contribution in [3.05, 3.63) is 30.2 Å². The molecule has 0 aliphatic rings. The van der Waals surface area contributed by atoms with Crippen LogP contribution in [0.2, 0.25) is 0 Å². The van der Waals surface area contributed by atoms with Crippen molar-refractivity contribution in [3.8, 4) is 0 Å². The minimum Gasteiger partial charge on any atom is -0.437 e. The molecule has 4 nitrogen and oxygen atoms in total. The van der Waals surface area contributed by atoms with Gasteiger partial charge < -0.3 is 9.62 Å². The number of oxime groups is 1. The monoisotopic (exact) mass is 162 g/mol. The molecule has 0 amide bonds. The van der Waals surface area contributed by atoms with E-state index in [1.165, 1.54) is 6.21 Å². The summed E-state index contributed by atoms with van der Waals surface area (Å²) in [6.07, 6.45) is 2.87. The molecule has 2 aromatic rings. The Hall–Kier alpha value is -1.84. The Bertz CT molecular complexity index is 387. The van der Waals surface area contributed by atoms with Gasteiger partial charge in [-0.1, -0.05) is 5.16 Å². The van der Waals surface area contributed by atoms with E-state index in [4.69, 9.17) is 9.62 Å². The molecule has 0 aliphatic carbocycles. The summed E-state index contributed by atoms with van der Waals surface area (Å²) >= 11 is 0. The van der Waals surface area contributed by atoms with Crippen molar-refractivity contribution in [2.24, 2.45) is 5.16 Å². The molecule has 2 aromatic heterocycles. The van der Waals surface area contributed by atoms with Gasteiger partial charge in [0.2, 0.25) is 5.71 Å². The molecule has 12 heavy (non-hydrogen) atoms. The van der Waals surface area contributed by atoms with Crippen LogP contribution < -0.4 is 0 Å². The molecule has 0 spiro atoms. The molecule has 0 fully saturated rings. The van der Waals surface area contributed by atoms with E-state index in [9.17, 15) is 0 Å². The van der Waals surface area contributed by atoms with Crippen LogP contribution in [-0.4, -0.2) is 16.4 Å². The van der Waals surface area contributed by atoms with Crippen LogP contribution in [0.3, 0.4) is 0 Å². The molecule has 0 bridgehead atoms. The fourth-order valence-corrected chi connectivity index (χ4v) is 1.01. The Labute approximate surface area is 68.1 Å². The zero-order valence-electron chi connectivity index (χ0n) is 6.14. The first-order valence-electron chi connectivity index (χ1n) is 3.42. The third kappa shape index (κ3) is 1.03. The lowest BCUT2D eigenvalue weighted by molar-refractivity contribution is 0.321. The Balaban J connectivity index is 2.62. The lowest BCUT2D eigenvalue weighted by Gasteiger charge is -1.81. The zero-order chi connectivity index (χ0) is 8.39. The van der Waals surface area contributed by atoms with Gasteiger partial charge >= 0.3 is 0 Å². The second-order valence-corrected chi connectivity index (χ2v) is 2.29. The van der Waals surface area contributed by atoms with E-state index >= 15 is 0 Å². The van der Waals surface area contributed by atoms with Gasteiger partial charge in [-0.3, -0.25) is 0 Å². The second kappa shape index (κ2) is 2.65. The van der Waals surface area contributed by atoms with Gasteiger partial charge in [0, 0.05) is 11.6 Å². The average molecular weight is 162 g/mol. The van der Waals surface area contributed by atoms with Gasteiger partial charge in [0.15, 0.2) is 5.76 Å². The lowest BCUT2D eigenvalue weighted by Crippen LogP contribution is -1.71. The fourth-order valence-electron chi connectivity index (χ4n) is 1.01. The average Bonchev–Trinajstić information content (AvgIpc) is 2.47. The summed E-state index contributed by atoms with van der Waals surface area (Å²) in [5.74, 6) is 0.492. The quantitative estimate of drug-likeness (QED) is 0.394. The van der Waals surface area contributed by atoms with Gasteiger partial charge in [0.25, 0.3) is 0 Å². The van der Waals surface area contributed by atoms with E-state index < -0.39 is 0 Å². The van der Waals surface area contributed by atoms with Crippen LogP contribution in [0.4, 0.5) is 0 Å². The smallest absolute Gasteiger partial charge is 0.226 e. The zero-order valence-corrected chi connectivity index (χ0v) is 6.14. The van der Waals surface area contributed by atoms with E-state index in [1.54, 1.807) is 12.3 Å². The summed E-state index contributed by atoms with van der Waals surface area (Å²) in [6, 6.07) is 5.44. The normalized spacial score (nSPS) is 11.3. The van der Waals surface area contributed by atoms with E-state index in [0.29, 0.717) is 11.5 Å². The first-order valence-corrected chi connectivity index (χ1v) is 3.42. The minimum atomic E-state index is 0.492. The van der Waals surface area contributed by atoms with Crippen molar-refractivity contribution in [2.45, 2.75) is 0 Å². The van der Waals surface area contributed by atoms with Crippen LogP contribution >= 0.6 is 0 Å². The van der Waals surface area contributed by atoms with Crippen molar-refractivity contribution in [3.63, 3.8) is 0 Å². The molecule has 2 heterocycles. The molecule has 0 unspecified atom stereocenters. The van der Waals surface area contributed by atoms with Crippen LogP contribution in [0.15, 0.2) is 34.0 Å². The molecule has 1 N–H and O–H groups in total. The third-order valence-electron chi connectivity index (χ3n) is 1.50. The maximum Gasteiger partial charge on any atom is 0.226 e. The molecule has 0 aliphatic heterocycles. The first-order chi connectivity index (χ1) is 5.90. The highest BCUT2D eigenvalue weighted by molar-refractivity contribution is 5.84. The predicted octanol–water partition coefficient (Wildman–Crippen LogP) is 1.64.